The Kier molecular flexibility index (Phi) is 7.05. The molecule has 0 spiro atoms. The third-order valence-corrected chi connectivity index (χ3v) is 5.98. The summed E-state index contributed by atoms with van der Waals surface area (Å²) in [5.74, 6) is -0.479. The maximum absolute atomic E-state index is 14.0. The van der Waals surface area contributed by atoms with Crippen molar-refractivity contribution in [1.29, 1.82) is 0 Å². The molecule has 1 atom stereocenters. The maximum Gasteiger partial charge on any atom is 0.257 e. The number of thioether (sulfide) groups is 1. The van der Waals surface area contributed by atoms with E-state index < -0.39 is 5.25 Å². The summed E-state index contributed by atoms with van der Waals surface area (Å²) in [6.07, 6.45) is 0.177. The van der Waals surface area contributed by atoms with Gasteiger partial charge < -0.3 is 5.32 Å². The topological polar surface area (TPSA) is 64.0 Å². The van der Waals surface area contributed by atoms with Gasteiger partial charge in [-0.1, -0.05) is 60.3 Å². The zero-order valence-electron chi connectivity index (χ0n) is 17.2. The molecule has 0 aliphatic heterocycles. The summed E-state index contributed by atoms with van der Waals surface area (Å²) in [5, 5.41) is 2.93. The summed E-state index contributed by atoms with van der Waals surface area (Å²) >= 11 is 1.23. The van der Waals surface area contributed by atoms with E-state index in [1.165, 1.54) is 22.4 Å². The molecule has 1 N–H and O–H groups in total. The van der Waals surface area contributed by atoms with Gasteiger partial charge in [-0.05, 0) is 31.0 Å². The van der Waals surface area contributed by atoms with Crippen LogP contribution in [0, 0.1) is 12.7 Å². The molecule has 0 aliphatic carbocycles. The molecule has 0 aliphatic rings. The average molecular weight is 426 g/mol. The van der Waals surface area contributed by atoms with Crippen molar-refractivity contribution < 1.29 is 9.18 Å². The summed E-state index contributed by atoms with van der Waals surface area (Å²) < 4.78 is 15.4. The highest BCUT2D eigenvalue weighted by atomic mass is 32.2. The van der Waals surface area contributed by atoms with Crippen molar-refractivity contribution >= 4 is 17.7 Å². The number of carbonyl (C=O) groups excluding carboxylic acids is 1. The molecule has 2 aromatic carbocycles. The monoisotopic (exact) mass is 425 g/mol. The maximum atomic E-state index is 14.0. The molecule has 0 saturated heterocycles. The van der Waals surface area contributed by atoms with E-state index in [2.05, 4.69) is 10.3 Å². The van der Waals surface area contributed by atoms with Crippen LogP contribution in [0.1, 0.15) is 29.3 Å². The second-order valence-corrected chi connectivity index (χ2v) is 8.36. The lowest BCUT2D eigenvalue weighted by atomic mass is 10.0. The van der Waals surface area contributed by atoms with E-state index in [1.807, 2.05) is 30.3 Å². The minimum absolute atomic E-state index is 0.133. The number of aromatic nitrogens is 2. The van der Waals surface area contributed by atoms with E-state index in [4.69, 9.17) is 0 Å². The van der Waals surface area contributed by atoms with Crippen LogP contribution in [0.3, 0.4) is 0 Å². The van der Waals surface area contributed by atoms with Gasteiger partial charge in [-0.25, -0.2) is 9.37 Å². The second-order valence-electron chi connectivity index (χ2n) is 7.05. The minimum atomic E-state index is -0.427. The van der Waals surface area contributed by atoms with Gasteiger partial charge in [-0.2, -0.15) is 0 Å². The number of aryl methyl sites for hydroxylation is 1. The van der Waals surface area contributed by atoms with Crippen molar-refractivity contribution in [1.82, 2.24) is 14.9 Å². The van der Waals surface area contributed by atoms with E-state index in [-0.39, 0.29) is 23.7 Å². The highest BCUT2D eigenvalue weighted by Crippen LogP contribution is 2.22. The number of rotatable bonds is 7. The lowest BCUT2D eigenvalue weighted by Crippen LogP contribution is -2.32. The Morgan fingerprint density at radius 2 is 1.83 bits per heavy atom. The fourth-order valence-corrected chi connectivity index (χ4v) is 3.95. The summed E-state index contributed by atoms with van der Waals surface area (Å²) in [4.78, 5) is 29.9. The molecule has 0 bridgehead atoms. The SMILES string of the molecule is Cc1nc(SC(C)C(=O)NCc2ccccc2)n(C)c(=O)c1Cc1ccccc1F. The van der Waals surface area contributed by atoms with Crippen LogP contribution < -0.4 is 10.9 Å². The Morgan fingerprint density at radius 1 is 1.17 bits per heavy atom. The largest absolute Gasteiger partial charge is 0.351 e. The number of halogens is 1. The van der Waals surface area contributed by atoms with E-state index in [0.29, 0.717) is 28.5 Å². The van der Waals surface area contributed by atoms with Gasteiger partial charge in [0, 0.05) is 31.3 Å². The third-order valence-electron chi connectivity index (χ3n) is 4.84. The molecule has 7 heteroatoms. The molecule has 1 aromatic heterocycles. The van der Waals surface area contributed by atoms with Crippen molar-refractivity contribution in [2.75, 3.05) is 0 Å². The van der Waals surface area contributed by atoms with Gasteiger partial charge in [-0.3, -0.25) is 14.2 Å². The van der Waals surface area contributed by atoms with E-state index in [0.717, 1.165) is 5.56 Å². The standard InChI is InChI=1S/C23H24FN3O2S/c1-15-19(13-18-11-7-8-12-20(18)24)22(29)27(3)23(26-15)30-16(2)21(28)25-14-17-9-5-4-6-10-17/h4-12,16H,13-14H2,1-3H3,(H,25,28). The molecule has 5 nitrogen and oxygen atoms in total. The minimum Gasteiger partial charge on any atom is -0.351 e. The van der Waals surface area contributed by atoms with E-state index in [9.17, 15) is 14.0 Å². The van der Waals surface area contributed by atoms with Crippen molar-refractivity contribution in [2.24, 2.45) is 7.05 Å². The van der Waals surface area contributed by atoms with Crippen LogP contribution >= 0.6 is 11.8 Å². The van der Waals surface area contributed by atoms with E-state index >= 15 is 0 Å². The first-order valence-corrected chi connectivity index (χ1v) is 10.5. The van der Waals surface area contributed by atoms with Crippen LogP contribution in [0.2, 0.25) is 0 Å². The Morgan fingerprint density at radius 3 is 2.53 bits per heavy atom. The number of benzene rings is 2. The van der Waals surface area contributed by atoms with Crippen molar-refractivity contribution in [2.45, 2.75) is 37.2 Å². The highest BCUT2D eigenvalue weighted by molar-refractivity contribution is 8.00. The summed E-state index contributed by atoms with van der Waals surface area (Å²) in [6, 6.07) is 16.1. The van der Waals surface area contributed by atoms with Gasteiger partial charge in [0.2, 0.25) is 5.91 Å². The second kappa shape index (κ2) is 9.71. The van der Waals surface area contributed by atoms with Gasteiger partial charge in [0.15, 0.2) is 5.16 Å². The predicted octanol–water partition coefficient (Wildman–Crippen LogP) is 3.62. The number of nitrogens with one attached hydrogen (secondary N) is 1. The molecule has 3 rings (SSSR count). The Bertz CT molecular complexity index is 1100. The molecule has 0 saturated carbocycles. The first-order valence-electron chi connectivity index (χ1n) is 9.65. The number of hydrogen-bond donors (Lipinski definition) is 1. The summed E-state index contributed by atoms with van der Waals surface area (Å²) in [7, 11) is 1.62. The Balaban J connectivity index is 1.72. The molecule has 0 fully saturated rings. The van der Waals surface area contributed by atoms with Crippen molar-refractivity contribution in [3.05, 3.63) is 93.2 Å². The summed E-state index contributed by atoms with van der Waals surface area (Å²) in [6.45, 7) is 3.96. The van der Waals surface area contributed by atoms with Crippen LogP contribution in [0.25, 0.3) is 0 Å². The first-order chi connectivity index (χ1) is 14.4. The van der Waals surface area contributed by atoms with Gasteiger partial charge in [0.1, 0.15) is 5.82 Å². The van der Waals surface area contributed by atoms with Crippen LogP contribution in [-0.2, 0) is 24.8 Å². The number of hydrogen-bond acceptors (Lipinski definition) is 4. The van der Waals surface area contributed by atoms with Gasteiger partial charge in [0.25, 0.3) is 5.56 Å². The summed E-state index contributed by atoms with van der Waals surface area (Å²) in [5.41, 5.74) is 2.23. The fourth-order valence-electron chi connectivity index (χ4n) is 3.01. The van der Waals surface area contributed by atoms with Crippen LogP contribution in [0.5, 0.6) is 0 Å². The first kappa shape index (κ1) is 21.8. The normalized spacial score (nSPS) is 11.9. The highest BCUT2D eigenvalue weighted by Gasteiger charge is 2.19. The molecule has 156 valence electrons. The average Bonchev–Trinajstić information content (AvgIpc) is 2.75. The molecule has 1 amide bonds. The van der Waals surface area contributed by atoms with E-state index in [1.54, 1.807) is 39.1 Å². The molecule has 0 radical (unpaired) electrons. The fraction of sp³-hybridized carbons (Fsp3) is 0.261. The lowest BCUT2D eigenvalue weighted by Gasteiger charge is -2.16. The molecule has 1 unspecified atom stereocenters. The molecule has 3 aromatic rings. The van der Waals surface area contributed by atoms with Crippen LogP contribution in [0.4, 0.5) is 4.39 Å². The van der Waals surface area contributed by atoms with Crippen molar-refractivity contribution in [3.63, 3.8) is 0 Å². The van der Waals surface area contributed by atoms with Gasteiger partial charge in [0.05, 0.1) is 5.25 Å². The quantitative estimate of drug-likeness (QED) is 0.464. The Labute approximate surface area is 179 Å². The zero-order chi connectivity index (χ0) is 21.7. The van der Waals surface area contributed by atoms with Crippen LogP contribution in [-0.4, -0.2) is 20.7 Å². The van der Waals surface area contributed by atoms with Crippen LogP contribution in [0.15, 0.2) is 64.5 Å². The molecular formula is C23H24FN3O2S. The number of amides is 1. The predicted molar refractivity (Wildman–Crippen MR) is 117 cm³/mol. The molecular weight excluding hydrogens is 401 g/mol. The third kappa shape index (κ3) is 5.16. The molecule has 1 heterocycles. The zero-order valence-corrected chi connectivity index (χ0v) is 18.0. The lowest BCUT2D eigenvalue weighted by molar-refractivity contribution is -0.120. The van der Waals surface area contributed by atoms with Gasteiger partial charge >= 0.3 is 0 Å². The molecule has 30 heavy (non-hydrogen) atoms. The van der Waals surface area contributed by atoms with Crippen molar-refractivity contribution in [3.8, 4) is 0 Å². The smallest absolute Gasteiger partial charge is 0.257 e. The number of carbonyl (C=O) groups is 1. The Hall–Kier alpha value is -2.93. The van der Waals surface area contributed by atoms with Gasteiger partial charge in [-0.15, -0.1) is 0 Å². The number of nitrogens with zero attached hydrogens (tertiary/aromatic N) is 2.